The van der Waals surface area contributed by atoms with Gasteiger partial charge in [-0.05, 0) is 43.2 Å². The molecule has 1 N–H and O–H groups in total. The van der Waals surface area contributed by atoms with Crippen molar-refractivity contribution in [3.05, 3.63) is 47.5 Å². The molecule has 2 aromatic carbocycles. The van der Waals surface area contributed by atoms with E-state index in [4.69, 9.17) is 9.47 Å². The second-order valence-electron chi connectivity index (χ2n) is 5.94. The molecule has 1 heterocycles. The Kier molecular flexibility index (Phi) is 4.61. The highest BCUT2D eigenvalue weighted by molar-refractivity contribution is 6.02. The average Bonchev–Trinajstić information content (AvgIpc) is 3.04. The summed E-state index contributed by atoms with van der Waals surface area (Å²) >= 11 is 0. The number of nitrogens with one attached hydrogen (secondary N) is 1. The summed E-state index contributed by atoms with van der Waals surface area (Å²) in [5, 5.41) is 2.87. The molecule has 130 valence electrons. The number of benzene rings is 2. The minimum Gasteiger partial charge on any atom is -0.454 e. The zero-order valence-corrected chi connectivity index (χ0v) is 14.5. The molecule has 0 atom stereocenters. The third-order valence-corrected chi connectivity index (χ3v) is 4.23. The summed E-state index contributed by atoms with van der Waals surface area (Å²) in [6.45, 7) is 5.44. The zero-order chi connectivity index (χ0) is 18.0. The van der Waals surface area contributed by atoms with Gasteiger partial charge in [-0.25, -0.2) is 0 Å². The normalized spacial score (nSPS) is 12.0. The fourth-order valence-electron chi connectivity index (χ4n) is 2.66. The van der Waals surface area contributed by atoms with Crippen molar-refractivity contribution in [1.29, 1.82) is 0 Å². The number of aryl methyl sites for hydroxylation is 1. The van der Waals surface area contributed by atoms with Crippen molar-refractivity contribution in [1.82, 2.24) is 0 Å². The first-order chi connectivity index (χ1) is 12.0. The zero-order valence-electron chi connectivity index (χ0n) is 14.5. The van der Waals surface area contributed by atoms with Crippen LogP contribution in [0.4, 0.5) is 11.4 Å². The predicted molar refractivity (Wildman–Crippen MR) is 95.1 cm³/mol. The van der Waals surface area contributed by atoms with Gasteiger partial charge in [0.25, 0.3) is 0 Å². The Hall–Kier alpha value is -3.02. The number of nitrogens with zero attached hydrogens (tertiary/aromatic N) is 1. The minimum absolute atomic E-state index is 0.0810. The molecule has 0 saturated carbocycles. The van der Waals surface area contributed by atoms with Crippen LogP contribution in [-0.2, 0) is 9.59 Å². The number of hydrogen-bond acceptors (Lipinski definition) is 4. The number of ether oxygens (including phenoxy) is 2. The van der Waals surface area contributed by atoms with E-state index in [1.165, 1.54) is 11.8 Å². The van der Waals surface area contributed by atoms with E-state index in [1.54, 1.807) is 18.2 Å². The average molecular weight is 340 g/mol. The number of carbonyl (C=O) groups excluding carboxylic acids is 2. The SMILES string of the molecule is CC(=O)N(CC(=O)Nc1cccc(C)c1C)c1ccc2c(c1)OCO2. The summed E-state index contributed by atoms with van der Waals surface area (Å²) in [6, 6.07) is 10.9. The van der Waals surface area contributed by atoms with Gasteiger partial charge in [-0.2, -0.15) is 0 Å². The van der Waals surface area contributed by atoms with E-state index in [9.17, 15) is 9.59 Å². The van der Waals surface area contributed by atoms with E-state index >= 15 is 0 Å². The summed E-state index contributed by atoms with van der Waals surface area (Å²) in [7, 11) is 0. The minimum atomic E-state index is -0.262. The topological polar surface area (TPSA) is 67.9 Å². The van der Waals surface area contributed by atoms with Gasteiger partial charge >= 0.3 is 0 Å². The molecule has 0 unspecified atom stereocenters. The standard InChI is InChI=1S/C19H20N2O4/c1-12-5-4-6-16(13(12)2)20-19(23)10-21(14(3)22)15-7-8-17-18(9-15)25-11-24-17/h4-9H,10-11H2,1-3H3,(H,20,23). The monoisotopic (exact) mass is 340 g/mol. The molecule has 1 aliphatic rings. The van der Waals surface area contributed by atoms with Gasteiger partial charge in [0.05, 0.1) is 0 Å². The molecule has 0 aromatic heterocycles. The van der Waals surface area contributed by atoms with Crippen LogP contribution < -0.4 is 19.7 Å². The molecule has 6 heteroatoms. The van der Waals surface area contributed by atoms with Gasteiger partial charge < -0.3 is 19.7 Å². The van der Waals surface area contributed by atoms with Crippen molar-refractivity contribution < 1.29 is 19.1 Å². The summed E-state index contributed by atoms with van der Waals surface area (Å²) < 4.78 is 10.6. The van der Waals surface area contributed by atoms with Crippen molar-refractivity contribution in [3.8, 4) is 11.5 Å². The van der Waals surface area contributed by atoms with Crippen LogP contribution in [-0.4, -0.2) is 25.2 Å². The van der Waals surface area contributed by atoms with E-state index in [2.05, 4.69) is 5.32 Å². The first-order valence-corrected chi connectivity index (χ1v) is 7.99. The van der Waals surface area contributed by atoms with Gasteiger partial charge in [-0.15, -0.1) is 0 Å². The Labute approximate surface area is 146 Å². The fraction of sp³-hybridized carbons (Fsp3) is 0.263. The van der Waals surface area contributed by atoms with Gasteiger partial charge in [-0.1, -0.05) is 12.1 Å². The second kappa shape index (κ2) is 6.84. The second-order valence-corrected chi connectivity index (χ2v) is 5.94. The highest BCUT2D eigenvalue weighted by Crippen LogP contribution is 2.35. The maximum Gasteiger partial charge on any atom is 0.244 e. The lowest BCUT2D eigenvalue weighted by molar-refractivity contribution is -0.120. The quantitative estimate of drug-likeness (QED) is 0.929. The van der Waals surface area contributed by atoms with Gasteiger partial charge in [0.2, 0.25) is 18.6 Å². The van der Waals surface area contributed by atoms with E-state index in [1.807, 2.05) is 32.0 Å². The van der Waals surface area contributed by atoms with Crippen LogP contribution >= 0.6 is 0 Å². The Morgan fingerprint density at radius 1 is 1.12 bits per heavy atom. The van der Waals surface area contributed by atoms with E-state index < -0.39 is 0 Å². The highest BCUT2D eigenvalue weighted by Gasteiger charge is 2.20. The molecule has 2 amide bonds. The lowest BCUT2D eigenvalue weighted by Crippen LogP contribution is -2.36. The molecule has 6 nitrogen and oxygen atoms in total. The molecule has 3 rings (SSSR count). The van der Waals surface area contributed by atoms with Crippen molar-refractivity contribution in [2.24, 2.45) is 0 Å². The molecule has 0 saturated heterocycles. The van der Waals surface area contributed by atoms with Crippen LogP contribution in [0.5, 0.6) is 11.5 Å². The summed E-state index contributed by atoms with van der Waals surface area (Å²) in [5.41, 5.74) is 3.44. The summed E-state index contributed by atoms with van der Waals surface area (Å²) in [4.78, 5) is 25.9. The molecule has 0 aliphatic carbocycles. The Morgan fingerprint density at radius 2 is 1.88 bits per heavy atom. The summed E-state index contributed by atoms with van der Waals surface area (Å²) in [5.74, 6) is 0.710. The number of fused-ring (bicyclic) bond motifs is 1. The van der Waals surface area contributed by atoms with Gasteiger partial charge in [-0.3, -0.25) is 9.59 Å². The van der Waals surface area contributed by atoms with Gasteiger partial charge in [0.15, 0.2) is 11.5 Å². The first kappa shape index (κ1) is 16.8. The predicted octanol–water partition coefficient (Wildman–Crippen LogP) is 3.02. The van der Waals surface area contributed by atoms with Crippen molar-refractivity contribution in [3.63, 3.8) is 0 Å². The number of carbonyl (C=O) groups is 2. The van der Waals surface area contributed by atoms with Gasteiger partial charge in [0, 0.05) is 24.4 Å². The van der Waals surface area contributed by atoms with Crippen LogP contribution in [0.1, 0.15) is 18.1 Å². The van der Waals surface area contributed by atoms with Crippen LogP contribution in [0.15, 0.2) is 36.4 Å². The third-order valence-electron chi connectivity index (χ3n) is 4.23. The molecule has 1 aliphatic heterocycles. The largest absolute Gasteiger partial charge is 0.454 e. The molecule has 0 fully saturated rings. The number of amides is 2. The van der Waals surface area contributed by atoms with E-state index in [0.717, 1.165) is 16.8 Å². The van der Waals surface area contributed by atoms with Crippen LogP contribution in [0.25, 0.3) is 0 Å². The molecular formula is C19H20N2O4. The molecule has 0 spiro atoms. The van der Waals surface area contributed by atoms with Crippen LogP contribution in [0.3, 0.4) is 0 Å². The third kappa shape index (κ3) is 3.57. The Bertz CT molecular complexity index is 832. The lowest BCUT2D eigenvalue weighted by atomic mass is 10.1. The maximum absolute atomic E-state index is 12.4. The fourth-order valence-corrected chi connectivity index (χ4v) is 2.66. The highest BCUT2D eigenvalue weighted by atomic mass is 16.7. The lowest BCUT2D eigenvalue weighted by Gasteiger charge is -2.21. The Balaban J connectivity index is 1.77. The molecular weight excluding hydrogens is 320 g/mol. The van der Waals surface area contributed by atoms with Crippen molar-refractivity contribution >= 4 is 23.2 Å². The molecule has 2 aromatic rings. The first-order valence-electron chi connectivity index (χ1n) is 7.99. The maximum atomic E-state index is 12.4. The summed E-state index contributed by atoms with van der Waals surface area (Å²) in [6.07, 6.45) is 0. The van der Waals surface area contributed by atoms with Crippen molar-refractivity contribution in [2.45, 2.75) is 20.8 Å². The van der Waals surface area contributed by atoms with Crippen LogP contribution in [0.2, 0.25) is 0 Å². The van der Waals surface area contributed by atoms with Gasteiger partial charge in [0.1, 0.15) is 6.54 Å². The smallest absolute Gasteiger partial charge is 0.244 e. The number of anilines is 2. The van der Waals surface area contributed by atoms with Crippen LogP contribution in [0, 0.1) is 13.8 Å². The number of hydrogen-bond donors (Lipinski definition) is 1. The van der Waals surface area contributed by atoms with E-state index in [-0.39, 0.29) is 25.2 Å². The van der Waals surface area contributed by atoms with E-state index in [0.29, 0.717) is 17.2 Å². The molecule has 25 heavy (non-hydrogen) atoms. The van der Waals surface area contributed by atoms with Crippen molar-refractivity contribution in [2.75, 3.05) is 23.6 Å². The molecule has 0 bridgehead atoms. The Morgan fingerprint density at radius 3 is 2.64 bits per heavy atom. The number of rotatable bonds is 4. The molecule has 0 radical (unpaired) electrons.